The quantitative estimate of drug-likeness (QED) is 0.806. The Bertz CT molecular complexity index is 403. The molecular formula is C15H27NO5. The zero-order valence-electron chi connectivity index (χ0n) is 13.8. The van der Waals surface area contributed by atoms with Crippen LogP contribution in [0, 0.1) is 5.41 Å². The smallest absolute Gasteiger partial charge is 0.411 e. The van der Waals surface area contributed by atoms with Crippen molar-refractivity contribution in [3.05, 3.63) is 0 Å². The lowest BCUT2D eigenvalue weighted by molar-refractivity contribution is -0.148. The lowest BCUT2D eigenvalue weighted by atomic mass is 9.83. The predicted molar refractivity (Wildman–Crippen MR) is 77.8 cm³/mol. The zero-order chi connectivity index (χ0) is 16.4. The van der Waals surface area contributed by atoms with E-state index in [1.807, 2.05) is 13.8 Å². The van der Waals surface area contributed by atoms with Crippen molar-refractivity contribution < 1.29 is 24.2 Å². The van der Waals surface area contributed by atoms with Gasteiger partial charge in [0.25, 0.3) is 0 Å². The maximum absolute atomic E-state index is 12.4. The Morgan fingerprint density at radius 1 is 1.38 bits per heavy atom. The van der Waals surface area contributed by atoms with Gasteiger partial charge in [0.1, 0.15) is 11.6 Å². The van der Waals surface area contributed by atoms with Gasteiger partial charge in [-0.1, -0.05) is 6.92 Å². The molecule has 0 aromatic rings. The van der Waals surface area contributed by atoms with Crippen LogP contribution in [0.25, 0.3) is 0 Å². The molecular weight excluding hydrogens is 274 g/mol. The Hall–Kier alpha value is -1.30. The molecule has 1 aliphatic rings. The molecule has 1 N–H and O–H groups in total. The van der Waals surface area contributed by atoms with Crippen LogP contribution >= 0.6 is 0 Å². The molecule has 1 rings (SSSR count). The van der Waals surface area contributed by atoms with Crippen LogP contribution in [0.1, 0.15) is 48.0 Å². The molecule has 0 aliphatic carbocycles. The second-order valence-corrected chi connectivity index (χ2v) is 6.85. The fraction of sp³-hybridized carbons (Fsp3) is 0.867. The summed E-state index contributed by atoms with van der Waals surface area (Å²) in [7, 11) is 0. The van der Waals surface area contributed by atoms with Gasteiger partial charge in [0.15, 0.2) is 0 Å². The molecule has 3 atom stereocenters. The fourth-order valence-electron chi connectivity index (χ4n) is 2.55. The highest BCUT2D eigenvalue weighted by molar-refractivity contribution is 5.82. The summed E-state index contributed by atoms with van der Waals surface area (Å²) in [4.78, 5) is 25.9. The van der Waals surface area contributed by atoms with Gasteiger partial charge in [0.05, 0.1) is 13.2 Å². The van der Waals surface area contributed by atoms with Gasteiger partial charge in [-0.25, -0.2) is 9.59 Å². The molecule has 0 saturated carbocycles. The first-order valence-corrected chi connectivity index (χ1v) is 7.34. The number of ether oxygens (including phenoxy) is 2. The van der Waals surface area contributed by atoms with Gasteiger partial charge < -0.3 is 14.6 Å². The van der Waals surface area contributed by atoms with E-state index < -0.39 is 29.1 Å². The van der Waals surface area contributed by atoms with Crippen molar-refractivity contribution in [2.45, 2.75) is 65.6 Å². The van der Waals surface area contributed by atoms with Crippen LogP contribution < -0.4 is 0 Å². The van der Waals surface area contributed by atoms with Crippen LogP contribution in [0.4, 0.5) is 4.79 Å². The Kier molecular flexibility index (Phi) is 5.25. The first kappa shape index (κ1) is 17.8. The molecule has 0 unspecified atom stereocenters. The lowest BCUT2D eigenvalue weighted by Crippen LogP contribution is -2.48. The van der Waals surface area contributed by atoms with Crippen LogP contribution in [0.3, 0.4) is 0 Å². The number of aliphatic hydroxyl groups is 1. The number of nitrogens with zero attached hydrogens (tertiary/aromatic N) is 1. The number of amides is 1. The average molecular weight is 301 g/mol. The van der Waals surface area contributed by atoms with Crippen molar-refractivity contribution in [3.8, 4) is 0 Å². The van der Waals surface area contributed by atoms with Gasteiger partial charge in [-0.15, -0.1) is 0 Å². The van der Waals surface area contributed by atoms with E-state index >= 15 is 0 Å². The van der Waals surface area contributed by atoms with Crippen LogP contribution in [-0.4, -0.2) is 53.0 Å². The van der Waals surface area contributed by atoms with Gasteiger partial charge in [0.2, 0.25) is 0 Å². The molecule has 1 saturated heterocycles. The Morgan fingerprint density at radius 2 is 1.95 bits per heavy atom. The van der Waals surface area contributed by atoms with Gasteiger partial charge in [-0.3, -0.25) is 4.90 Å². The van der Waals surface area contributed by atoms with Crippen molar-refractivity contribution in [2.24, 2.45) is 5.41 Å². The largest absolute Gasteiger partial charge is 0.464 e. The molecule has 1 amide bonds. The van der Waals surface area contributed by atoms with Crippen molar-refractivity contribution in [1.82, 2.24) is 4.90 Å². The van der Waals surface area contributed by atoms with Crippen molar-refractivity contribution in [2.75, 3.05) is 13.2 Å². The van der Waals surface area contributed by atoms with Crippen molar-refractivity contribution >= 4 is 12.1 Å². The number of likely N-dealkylation sites (tertiary alicyclic amines) is 1. The second kappa shape index (κ2) is 6.22. The van der Waals surface area contributed by atoms with E-state index in [4.69, 9.17) is 9.47 Å². The van der Waals surface area contributed by atoms with E-state index in [9.17, 15) is 14.7 Å². The third kappa shape index (κ3) is 3.87. The maximum atomic E-state index is 12.4. The molecule has 6 nitrogen and oxygen atoms in total. The van der Waals surface area contributed by atoms with E-state index in [0.29, 0.717) is 6.42 Å². The van der Waals surface area contributed by atoms with Crippen LogP contribution in [0.15, 0.2) is 0 Å². The number of carbonyl (C=O) groups is 2. The summed E-state index contributed by atoms with van der Waals surface area (Å²) in [6.07, 6.45) is -0.187. The minimum absolute atomic E-state index is 0.108. The standard InChI is InChI=1S/C15H27NO5/c1-7-20-12(18)11-8-15(6,9-17)10(2)16(11)13(19)21-14(3,4)5/h10-11,17H,7-9H2,1-6H3/t10-,11+,15-/m1/s1. The van der Waals surface area contributed by atoms with Crippen LogP contribution in [-0.2, 0) is 14.3 Å². The predicted octanol–water partition coefficient (Wildman–Crippen LogP) is 1.95. The fourth-order valence-corrected chi connectivity index (χ4v) is 2.55. The summed E-state index contributed by atoms with van der Waals surface area (Å²) in [6, 6.07) is -1.03. The Balaban J connectivity index is 3.04. The van der Waals surface area contributed by atoms with Gasteiger partial charge >= 0.3 is 12.1 Å². The SMILES string of the molecule is CCOC(=O)[C@@H]1C[C@](C)(CO)[C@@H](C)N1C(=O)OC(C)(C)C. The summed E-state index contributed by atoms with van der Waals surface area (Å²) >= 11 is 0. The first-order valence-electron chi connectivity index (χ1n) is 7.34. The minimum Gasteiger partial charge on any atom is -0.464 e. The van der Waals surface area contributed by atoms with Crippen molar-refractivity contribution in [1.29, 1.82) is 0 Å². The third-order valence-electron chi connectivity index (χ3n) is 3.95. The molecule has 21 heavy (non-hydrogen) atoms. The topological polar surface area (TPSA) is 76.1 Å². The number of esters is 1. The van der Waals surface area contributed by atoms with Crippen LogP contribution in [0.2, 0.25) is 0 Å². The summed E-state index contributed by atoms with van der Waals surface area (Å²) in [6.45, 7) is 10.9. The number of rotatable bonds is 3. The number of hydrogen-bond donors (Lipinski definition) is 1. The van der Waals surface area contributed by atoms with E-state index in [1.54, 1.807) is 27.7 Å². The molecule has 0 aromatic heterocycles. The molecule has 0 aromatic carbocycles. The molecule has 1 aliphatic heterocycles. The van der Waals surface area contributed by atoms with Gasteiger partial charge in [-0.2, -0.15) is 0 Å². The van der Waals surface area contributed by atoms with Gasteiger partial charge in [0, 0.05) is 11.5 Å². The lowest BCUT2D eigenvalue weighted by Gasteiger charge is -2.33. The highest BCUT2D eigenvalue weighted by Gasteiger charge is 2.53. The first-order chi connectivity index (χ1) is 9.55. The monoisotopic (exact) mass is 301 g/mol. The van der Waals surface area contributed by atoms with Gasteiger partial charge in [-0.05, 0) is 41.0 Å². The average Bonchev–Trinajstić information content (AvgIpc) is 2.61. The minimum atomic E-state index is -0.716. The number of hydrogen-bond acceptors (Lipinski definition) is 5. The summed E-state index contributed by atoms with van der Waals surface area (Å²) < 4.78 is 10.4. The normalized spacial score (nSPS) is 29.4. The molecule has 0 radical (unpaired) electrons. The third-order valence-corrected chi connectivity index (χ3v) is 3.95. The highest BCUT2D eigenvalue weighted by atomic mass is 16.6. The van der Waals surface area contributed by atoms with E-state index in [2.05, 4.69) is 0 Å². The highest BCUT2D eigenvalue weighted by Crippen LogP contribution is 2.41. The van der Waals surface area contributed by atoms with E-state index in [-0.39, 0.29) is 19.3 Å². The molecule has 1 fully saturated rings. The molecule has 0 spiro atoms. The number of aliphatic hydroxyl groups excluding tert-OH is 1. The van der Waals surface area contributed by atoms with Crippen LogP contribution in [0.5, 0.6) is 0 Å². The van der Waals surface area contributed by atoms with E-state index in [0.717, 1.165) is 0 Å². The second-order valence-electron chi connectivity index (χ2n) is 6.85. The maximum Gasteiger partial charge on any atom is 0.411 e. The molecule has 1 heterocycles. The summed E-state index contributed by atoms with van der Waals surface area (Å²) in [5.74, 6) is -0.451. The summed E-state index contributed by atoms with van der Waals surface area (Å²) in [5.41, 5.74) is -1.19. The Labute approximate surface area is 126 Å². The summed E-state index contributed by atoms with van der Waals surface area (Å²) in [5, 5.41) is 9.63. The van der Waals surface area contributed by atoms with Crippen molar-refractivity contribution in [3.63, 3.8) is 0 Å². The molecule has 6 heteroatoms. The molecule has 122 valence electrons. The number of carbonyl (C=O) groups excluding carboxylic acids is 2. The Morgan fingerprint density at radius 3 is 2.38 bits per heavy atom. The zero-order valence-corrected chi connectivity index (χ0v) is 13.8. The molecule has 0 bridgehead atoms. The van der Waals surface area contributed by atoms with E-state index in [1.165, 1.54) is 4.90 Å².